The molecule has 1 aliphatic rings. The van der Waals surface area contributed by atoms with Gasteiger partial charge in [0.05, 0.1) is 28.4 Å². The number of nitro groups is 1. The number of nitro benzene ring substituents is 1. The molecule has 0 aliphatic carbocycles. The van der Waals surface area contributed by atoms with Gasteiger partial charge in [0.2, 0.25) is 21.9 Å². The maximum atomic E-state index is 12.9. The molecule has 1 amide bonds. The predicted molar refractivity (Wildman–Crippen MR) is 128 cm³/mol. The molecule has 12 heteroatoms. The zero-order chi connectivity index (χ0) is 25.2. The number of rotatable bonds is 7. The Balaban J connectivity index is 1.43. The number of sulfonamides is 1. The van der Waals surface area contributed by atoms with Gasteiger partial charge in [0.25, 0.3) is 11.2 Å². The summed E-state index contributed by atoms with van der Waals surface area (Å²) < 4.78 is 27.1. The van der Waals surface area contributed by atoms with Crippen LogP contribution in [-0.2, 0) is 40.0 Å². The zero-order valence-electron chi connectivity index (χ0n) is 18.9. The number of aryl methyl sites for hydroxylation is 1. The molecule has 35 heavy (non-hydrogen) atoms. The number of anilines is 1. The van der Waals surface area contributed by atoms with Crippen LogP contribution in [0.1, 0.15) is 27.9 Å². The van der Waals surface area contributed by atoms with Gasteiger partial charge in [-0.3, -0.25) is 30.0 Å². The molecule has 11 nitrogen and oxygen atoms in total. The van der Waals surface area contributed by atoms with E-state index in [9.17, 15) is 28.1 Å². The number of non-ortho nitro benzene ring substituents is 1. The molecule has 3 aromatic rings. The first-order valence-electron chi connectivity index (χ1n) is 10.8. The summed E-state index contributed by atoms with van der Waals surface area (Å²) in [5.74, 6) is -0.651. The Morgan fingerprint density at radius 2 is 1.80 bits per heavy atom. The molecule has 182 valence electrons. The molecule has 0 bridgehead atoms. The van der Waals surface area contributed by atoms with E-state index < -0.39 is 26.4 Å². The summed E-state index contributed by atoms with van der Waals surface area (Å²) in [5, 5.41) is 13.3. The highest BCUT2D eigenvalue weighted by atomic mass is 32.2. The average molecular weight is 498 g/mol. The van der Waals surface area contributed by atoms with E-state index in [4.69, 9.17) is 0 Å². The summed E-state index contributed by atoms with van der Waals surface area (Å²) in [4.78, 5) is 42.0. The van der Waals surface area contributed by atoms with Gasteiger partial charge in [-0.1, -0.05) is 42.0 Å². The maximum Gasteiger partial charge on any atom is 0.269 e. The Morgan fingerprint density at radius 1 is 1.14 bits per heavy atom. The van der Waals surface area contributed by atoms with E-state index in [1.165, 1.54) is 28.6 Å². The minimum atomic E-state index is -3.64. The first-order chi connectivity index (χ1) is 16.6. The molecule has 0 fully saturated rings. The van der Waals surface area contributed by atoms with Crippen LogP contribution in [0, 0.1) is 17.0 Å². The molecule has 0 radical (unpaired) electrons. The largest absolute Gasteiger partial charge is 0.296 e. The van der Waals surface area contributed by atoms with Crippen LogP contribution in [0.2, 0.25) is 0 Å². The highest BCUT2D eigenvalue weighted by Gasteiger charge is 2.29. The lowest BCUT2D eigenvalue weighted by atomic mass is 10.1. The Labute approximate surface area is 201 Å². The van der Waals surface area contributed by atoms with Crippen molar-refractivity contribution in [2.45, 2.75) is 32.1 Å². The molecule has 4 rings (SSSR count). The van der Waals surface area contributed by atoms with E-state index in [1.807, 2.05) is 19.1 Å². The first kappa shape index (κ1) is 24.2. The van der Waals surface area contributed by atoms with E-state index >= 15 is 0 Å². The number of H-pyrrole nitrogens is 1. The van der Waals surface area contributed by atoms with Crippen molar-refractivity contribution in [3.63, 3.8) is 0 Å². The van der Waals surface area contributed by atoms with Gasteiger partial charge in [-0.05, 0) is 18.1 Å². The van der Waals surface area contributed by atoms with Crippen LogP contribution in [-0.4, -0.2) is 40.1 Å². The summed E-state index contributed by atoms with van der Waals surface area (Å²) >= 11 is 0. The van der Waals surface area contributed by atoms with Gasteiger partial charge in [-0.25, -0.2) is 13.4 Å². The van der Waals surface area contributed by atoms with Crippen molar-refractivity contribution in [3.05, 3.63) is 96.9 Å². The van der Waals surface area contributed by atoms with Gasteiger partial charge in [0.15, 0.2) is 0 Å². The summed E-state index contributed by atoms with van der Waals surface area (Å²) in [5.41, 5.74) is 2.34. The fraction of sp³-hybridized carbons (Fsp3) is 0.261. The second kappa shape index (κ2) is 9.76. The normalized spacial score (nSPS) is 13.7. The fourth-order valence-electron chi connectivity index (χ4n) is 3.78. The van der Waals surface area contributed by atoms with Crippen molar-refractivity contribution in [2.75, 3.05) is 11.9 Å². The van der Waals surface area contributed by atoms with Crippen molar-refractivity contribution < 1.29 is 18.1 Å². The van der Waals surface area contributed by atoms with Gasteiger partial charge < -0.3 is 0 Å². The highest BCUT2D eigenvalue weighted by molar-refractivity contribution is 7.88. The number of nitrogens with zero attached hydrogens (tertiary/aromatic N) is 3. The van der Waals surface area contributed by atoms with E-state index in [-0.39, 0.29) is 48.9 Å². The minimum Gasteiger partial charge on any atom is -0.296 e. The molecule has 2 aromatic carbocycles. The summed E-state index contributed by atoms with van der Waals surface area (Å²) in [7, 11) is -3.64. The second-order valence-electron chi connectivity index (χ2n) is 8.31. The van der Waals surface area contributed by atoms with Crippen LogP contribution < -0.4 is 10.9 Å². The molecule has 1 aromatic heterocycles. The van der Waals surface area contributed by atoms with Crippen LogP contribution >= 0.6 is 0 Å². The lowest BCUT2D eigenvalue weighted by molar-refractivity contribution is -0.384. The number of hydrogen-bond acceptors (Lipinski definition) is 7. The third-order valence-corrected chi connectivity index (χ3v) is 7.46. The van der Waals surface area contributed by atoms with Crippen molar-refractivity contribution >= 4 is 27.6 Å². The molecule has 0 spiro atoms. The molecule has 0 unspecified atom stereocenters. The monoisotopic (exact) mass is 497 g/mol. The molecule has 0 atom stereocenters. The zero-order valence-corrected chi connectivity index (χ0v) is 19.7. The average Bonchev–Trinajstić information content (AvgIpc) is 2.80. The topological polar surface area (TPSA) is 155 Å². The molecule has 0 saturated carbocycles. The van der Waals surface area contributed by atoms with Gasteiger partial charge in [-0.2, -0.15) is 4.31 Å². The Kier molecular flexibility index (Phi) is 6.76. The molecule has 1 aliphatic heterocycles. The number of benzene rings is 2. The van der Waals surface area contributed by atoms with Crippen molar-refractivity contribution in [1.29, 1.82) is 0 Å². The lowest BCUT2D eigenvalue weighted by Crippen LogP contribution is -2.40. The molecular formula is C23H23N5O6S. The van der Waals surface area contributed by atoms with Gasteiger partial charge in [-0.15, -0.1) is 0 Å². The quantitative estimate of drug-likeness (QED) is 0.374. The summed E-state index contributed by atoms with van der Waals surface area (Å²) in [6.07, 6.45) is 0.168. The van der Waals surface area contributed by atoms with Crippen LogP contribution in [0.15, 0.2) is 53.3 Å². The number of aromatic amines is 1. The summed E-state index contributed by atoms with van der Waals surface area (Å²) in [6.45, 7) is 2.00. The Morgan fingerprint density at radius 3 is 2.46 bits per heavy atom. The standard InChI is InChI=1S/C23H23N5O6S/c1-15-2-4-17(5-3-15)14-35(33,34)27-11-10-20-19(13-27)22(30)26-23(24-20)25-21(29)12-16-6-8-18(9-7-16)28(31)32/h2-9H,10-14H2,1H3,(H2,24,25,26,29,30). The predicted octanol–water partition coefficient (Wildman–Crippen LogP) is 2.06. The minimum absolute atomic E-state index is 0.0309. The van der Waals surface area contributed by atoms with Crippen LogP contribution in [0.4, 0.5) is 11.6 Å². The molecule has 2 N–H and O–H groups in total. The first-order valence-corrected chi connectivity index (χ1v) is 12.4. The van der Waals surface area contributed by atoms with Crippen molar-refractivity contribution in [1.82, 2.24) is 14.3 Å². The number of fused-ring (bicyclic) bond motifs is 1. The van der Waals surface area contributed by atoms with Crippen molar-refractivity contribution in [3.8, 4) is 0 Å². The number of aromatic nitrogens is 2. The Bertz CT molecular complexity index is 1430. The van der Waals surface area contributed by atoms with E-state index in [0.29, 0.717) is 16.8 Å². The number of carbonyl (C=O) groups is 1. The van der Waals surface area contributed by atoms with Crippen LogP contribution in [0.3, 0.4) is 0 Å². The number of amides is 1. The fourth-order valence-corrected chi connectivity index (χ4v) is 5.27. The summed E-state index contributed by atoms with van der Waals surface area (Å²) in [6, 6.07) is 12.8. The lowest BCUT2D eigenvalue weighted by Gasteiger charge is -2.27. The van der Waals surface area contributed by atoms with Gasteiger partial charge in [0.1, 0.15) is 0 Å². The molecule has 2 heterocycles. The van der Waals surface area contributed by atoms with E-state index in [2.05, 4.69) is 15.3 Å². The van der Waals surface area contributed by atoms with Crippen molar-refractivity contribution in [2.24, 2.45) is 0 Å². The highest BCUT2D eigenvalue weighted by Crippen LogP contribution is 2.21. The van der Waals surface area contributed by atoms with Gasteiger partial charge in [0, 0.05) is 31.6 Å². The number of nitrogens with one attached hydrogen (secondary N) is 2. The van der Waals surface area contributed by atoms with E-state index in [0.717, 1.165) is 5.56 Å². The van der Waals surface area contributed by atoms with Crippen LogP contribution in [0.25, 0.3) is 0 Å². The SMILES string of the molecule is Cc1ccc(CS(=O)(=O)N2CCc3nc(NC(=O)Cc4ccc([N+](=O)[O-])cc4)[nH]c(=O)c3C2)cc1. The Hall–Kier alpha value is -3.90. The number of hydrogen-bond donors (Lipinski definition) is 2. The maximum absolute atomic E-state index is 12.9. The second-order valence-corrected chi connectivity index (χ2v) is 10.3. The third kappa shape index (κ3) is 5.78. The molecular weight excluding hydrogens is 474 g/mol. The van der Waals surface area contributed by atoms with Crippen LogP contribution in [0.5, 0.6) is 0 Å². The number of carbonyl (C=O) groups excluding carboxylic acids is 1. The molecule has 0 saturated heterocycles. The van der Waals surface area contributed by atoms with Gasteiger partial charge >= 0.3 is 0 Å². The smallest absolute Gasteiger partial charge is 0.269 e. The van der Waals surface area contributed by atoms with E-state index in [1.54, 1.807) is 12.1 Å². The third-order valence-electron chi connectivity index (χ3n) is 5.67.